The van der Waals surface area contributed by atoms with Crippen molar-refractivity contribution in [3.8, 4) is 11.5 Å². The molecule has 1 fully saturated rings. The first-order valence-corrected chi connectivity index (χ1v) is 6.70. The Kier molecular flexibility index (Phi) is 3.55. The molecule has 0 saturated heterocycles. The molecule has 0 atom stereocenters. The molecule has 0 spiro atoms. The lowest BCUT2D eigenvalue weighted by Crippen LogP contribution is -2.34. The Labute approximate surface area is 112 Å². The smallest absolute Gasteiger partial charge is 0.234 e. The summed E-state index contributed by atoms with van der Waals surface area (Å²) in [6, 6.07) is 6.31. The van der Waals surface area contributed by atoms with Gasteiger partial charge in [-0.1, -0.05) is 6.07 Å². The molecule has 0 radical (unpaired) electrons. The Morgan fingerprint density at radius 2 is 2.00 bits per heavy atom. The largest absolute Gasteiger partial charge is 0.486 e. The molecule has 0 unspecified atom stereocenters. The van der Waals surface area contributed by atoms with E-state index in [1.165, 1.54) is 12.8 Å². The summed E-state index contributed by atoms with van der Waals surface area (Å²) >= 11 is 0. The number of benzene rings is 1. The summed E-state index contributed by atoms with van der Waals surface area (Å²) in [5.74, 6) is 1.56. The van der Waals surface area contributed by atoms with E-state index >= 15 is 0 Å². The van der Waals surface area contributed by atoms with Gasteiger partial charge in [0.15, 0.2) is 11.5 Å². The topological polar surface area (TPSA) is 59.6 Å². The minimum atomic E-state index is 0.0294. The van der Waals surface area contributed by atoms with Crippen LogP contribution in [0.3, 0.4) is 0 Å². The molecule has 1 saturated carbocycles. The van der Waals surface area contributed by atoms with Crippen LogP contribution < -0.4 is 20.1 Å². The SMILES string of the molecule is O=C(CNC1CC1)NCc1ccc2c(c1)OCCO2. The van der Waals surface area contributed by atoms with Crippen LogP contribution in [0.4, 0.5) is 0 Å². The number of rotatable bonds is 5. The molecule has 1 aromatic rings. The van der Waals surface area contributed by atoms with E-state index in [1.54, 1.807) is 0 Å². The second-order valence-electron chi connectivity index (χ2n) is 4.91. The molecular weight excluding hydrogens is 244 g/mol. The quantitative estimate of drug-likeness (QED) is 0.825. The zero-order valence-corrected chi connectivity index (χ0v) is 10.8. The van der Waals surface area contributed by atoms with Gasteiger partial charge in [0.2, 0.25) is 5.91 Å². The molecule has 5 nitrogen and oxygen atoms in total. The Balaban J connectivity index is 1.50. The van der Waals surface area contributed by atoms with Crippen LogP contribution in [-0.4, -0.2) is 31.7 Å². The molecule has 1 aliphatic carbocycles. The van der Waals surface area contributed by atoms with E-state index in [-0.39, 0.29) is 5.91 Å². The fourth-order valence-electron chi connectivity index (χ4n) is 1.99. The maximum Gasteiger partial charge on any atom is 0.234 e. The zero-order chi connectivity index (χ0) is 13.1. The highest BCUT2D eigenvalue weighted by molar-refractivity contribution is 5.78. The van der Waals surface area contributed by atoms with Gasteiger partial charge >= 0.3 is 0 Å². The Bertz CT molecular complexity index is 472. The molecule has 102 valence electrons. The van der Waals surface area contributed by atoms with Crippen molar-refractivity contribution in [2.24, 2.45) is 0 Å². The third-order valence-electron chi connectivity index (χ3n) is 3.22. The lowest BCUT2D eigenvalue weighted by atomic mass is 10.2. The van der Waals surface area contributed by atoms with Gasteiger partial charge in [0.1, 0.15) is 13.2 Å². The number of carbonyl (C=O) groups is 1. The first-order valence-electron chi connectivity index (χ1n) is 6.70. The second-order valence-corrected chi connectivity index (χ2v) is 4.91. The Morgan fingerprint density at radius 3 is 2.79 bits per heavy atom. The predicted molar refractivity (Wildman–Crippen MR) is 70.3 cm³/mol. The van der Waals surface area contributed by atoms with Crippen molar-refractivity contribution in [3.63, 3.8) is 0 Å². The van der Waals surface area contributed by atoms with Crippen molar-refractivity contribution in [2.45, 2.75) is 25.4 Å². The van der Waals surface area contributed by atoms with E-state index in [2.05, 4.69) is 10.6 Å². The first-order chi connectivity index (χ1) is 9.31. The maximum atomic E-state index is 11.6. The van der Waals surface area contributed by atoms with Crippen molar-refractivity contribution in [3.05, 3.63) is 23.8 Å². The summed E-state index contributed by atoms with van der Waals surface area (Å²) < 4.78 is 11.0. The van der Waals surface area contributed by atoms with Gasteiger partial charge in [-0.05, 0) is 30.5 Å². The minimum absolute atomic E-state index is 0.0294. The van der Waals surface area contributed by atoms with E-state index in [4.69, 9.17) is 9.47 Å². The third kappa shape index (κ3) is 3.38. The van der Waals surface area contributed by atoms with E-state index in [1.807, 2.05) is 18.2 Å². The van der Waals surface area contributed by atoms with Crippen LogP contribution in [0.15, 0.2) is 18.2 Å². The van der Waals surface area contributed by atoms with E-state index in [9.17, 15) is 4.79 Å². The number of amides is 1. The van der Waals surface area contributed by atoms with Gasteiger partial charge in [0, 0.05) is 12.6 Å². The first kappa shape index (κ1) is 12.3. The number of fused-ring (bicyclic) bond motifs is 1. The number of nitrogens with one attached hydrogen (secondary N) is 2. The lowest BCUT2D eigenvalue weighted by Gasteiger charge is -2.19. The minimum Gasteiger partial charge on any atom is -0.486 e. The molecule has 1 aromatic carbocycles. The molecule has 19 heavy (non-hydrogen) atoms. The van der Waals surface area contributed by atoms with Gasteiger partial charge in [0.05, 0.1) is 6.54 Å². The Hall–Kier alpha value is -1.75. The van der Waals surface area contributed by atoms with Crippen LogP contribution in [0.25, 0.3) is 0 Å². The molecule has 0 aromatic heterocycles. The van der Waals surface area contributed by atoms with Crippen molar-refractivity contribution >= 4 is 5.91 Å². The summed E-state index contributed by atoms with van der Waals surface area (Å²) in [6.07, 6.45) is 2.38. The third-order valence-corrected chi connectivity index (χ3v) is 3.22. The van der Waals surface area contributed by atoms with Crippen LogP contribution in [0.1, 0.15) is 18.4 Å². The average molecular weight is 262 g/mol. The Morgan fingerprint density at radius 1 is 1.21 bits per heavy atom. The standard InChI is InChI=1S/C14H18N2O3/c17-14(9-15-11-2-3-11)16-8-10-1-4-12-13(7-10)19-6-5-18-12/h1,4,7,11,15H,2-3,5-6,8-9H2,(H,16,17). The molecule has 1 amide bonds. The van der Waals surface area contributed by atoms with Crippen LogP contribution in [-0.2, 0) is 11.3 Å². The summed E-state index contributed by atoms with van der Waals surface area (Å²) in [6.45, 7) is 2.08. The average Bonchev–Trinajstić information content (AvgIpc) is 3.27. The van der Waals surface area contributed by atoms with Crippen molar-refractivity contribution in [1.29, 1.82) is 0 Å². The van der Waals surface area contributed by atoms with E-state index in [0.717, 1.165) is 17.1 Å². The summed E-state index contributed by atoms with van der Waals surface area (Å²) in [5.41, 5.74) is 1.02. The molecule has 2 aliphatic rings. The van der Waals surface area contributed by atoms with E-state index < -0.39 is 0 Å². The second kappa shape index (κ2) is 5.48. The van der Waals surface area contributed by atoms with Gasteiger partial charge in [-0.25, -0.2) is 0 Å². The van der Waals surface area contributed by atoms with Crippen LogP contribution in [0, 0.1) is 0 Å². The van der Waals surface area contributed by atoms with Crippen molar-refractivity contribution in [2.75, 3.05) is 19.8 Å². The highest BCUT2D eigenvalue weighted by Gasteiger charge is 2.21. The number of hydrogen-bond acceptors (Lipinski definition) is 4. The summed E-state index contributed by atoms with van der Waals surface area (Å²) in [4.78, 5) is 11.6. The monoisotopic (exact) mass is 262 g/mol. The van der Waals surface area contributed by atoms with E-state index in [0.29, 0.717) is 32.3 Å². The molecule has 1 aliphatic heterocycles. The molecular formula is C14H18N2O3. The zero-order valence-electron chi connectivity index (χ0n) is 10.8. The van der Waals surface area contributed by atoms with Gasteiger partial charge in [0.25, 0.3) is 0 Å². The van der Waals surface area contributed by atoms with Crippen LogP contribution in [0.5, 0.6) is 11.5 Å². The number of hydrogen-bond donors (Lipinski definition) is 2. The molecule has 5 heteroatoms. The van der Waals surface area contributed by atoms with Gasteiger partial charge < -0.3 is 20.1 Å². The highest BCUT2D eigenvalue weighted by atomic mass is 16.6. The van der Waals surface area contributed by atoms with Gasteiger partial charge in [-0.2, -0.15) is 0 Å². The predicted octanol–water partition coefficient (Wildman–Crippen LogP) is 0.826. The fourth-order valence-corrected chi connectivity index (χ4v) is 1.99. The molecule has 3 rings (SSSR count). The maximum absolute atomic E-state index is 11.6. The number of carbonyl (C=O) groups excluding carboxylic acids is 1. The van der Waals surface area contributed by atoms with Gasteiger partial charge in [-0.3, -0.25) is 4.79 Å². The molecule has 1 heterocycles. The molecule has 2 N–H and O–H groups in total. The number of ether oxygens (including phenoxy) is 2. The summed E-state index contributed by atoms with van der Waals surface area (Å²) in [7, 11) is 0. The summed E-state index contributed by atoms with van der Waals surface area (Å²) in [5, 5.41) is 6.08. The van der Waals surface area contributed by atoms with Crippen LogP contribution in [0.2, 0.25) is 0 Å². The highest BCUT2D eigenvalue weighted by Crippen LogP contribution is 2.30. The normalized spacial score (nSPS) is 17.1. The van der Waals surface area contributed by atoms with Gasteiger partial charge in [-0.15, -0.1) is 0 Å². The van der Waals surface area contributed by atoms with Crippen LogP contribution >= 0.6 is 0 Å². The lowest BCUT2D eigenvalue weighted by molar-refractivity contribution is -0.120. The van der Waals surface area contributed by atoms with Crippen molar-refractivity contribution < 1.29 is 14.3 Å². The molecule has 0 bridgehead atoms. The van der Waals surface area contributed by atoms with Crippen molar-refractivity contribution in [1.82, 2.24) is 10.6 Å². The fraction of sp³-hybridized carbons (Fsp3) is 0.500.